The van der Waals surface area contributed by atoms with E-state index in [-0.39, 0.29) is 5.91 Å². The van der Waals surface area contributed by atoms with Crippen molar-refractivity contribution in [3.63, 3.8) is 0 Å². The van der Waals surface area contributed by atoms with Gasteiger partial charge in [-0.15, -0.1) is 0 Å². The summed E-state index contributed by atoms with van der Waals surface area (Å²) in [5.74, 6) is 0.178. The standard InChI is InChI=1S/C19H22N6O2/c1-3-24-15-8-7-12(17(20)26)9-14(15)21-19(24)22-18(27)16-10-13(11-5-6-11)23-25(16)4-2/h7-11H,3-6H2,1-2H3,(H2,20,26)(H,21,22,27). The Labute approximate surface area is 156 Å². The highest BCUT2D eigenvalue weighted by molar-refractivity contribution is 6.03. The van der Waals surface area contributed by atoms with E-state index in [1.807, 2.05) is 24.5 Å². The zero-order chi connectivity index (χ0) is 19.1. The number of rotatable bonds is 6. The number of aryl methyl sites for hydroxylation is 2. The van der Waals surface area contributed by atoms with Crippen LogP contribution in [0.15, 0.2) is 24.3 Å². The van der Waals surface area contributed by atoms with E-state index >= 15 is 0 Å². The van der Waals surface area contributed by atoms with Gasteiger partial charge in [-0.25, -0.2) is 4.98 Å². The van der Waals surface area contributed by atoms with Crippen molar-refractivity contribution < 1.29 is 9.59 Å². The number of aromatic nitrogens is 4. The molecule has 140 valence electrons. The number of amides is 2. The lowest BCUT2D eigenvalue weighted by Gasteiger charge is -2.08. The normalized spacial score (nSPS) is 13.9. The van der Waals surface area contributed by atoms with Gasteiger partial charge in [-0.3, -0.25) is 19.6 Å². The number of imidazole rings is 1. The van der Waals surface area contributed by atoms with Crippen LogP contribution in [0.5, 0.6) is 0 Å². The van der Waals surface area contributed by atoms with E-state index in [0.717, 1.165) is 24.1 Å². The smallest absolute Gasteiger partial charge is 0.276 e. The molecule has 1 fully saturated rings. The molecule has 2 heterocycles. The zero-order valence-corrected chi connectivity index (χ0v) is 15.4. The second-order valence-electron chi connectivity index (χ2n) is 6.75. The molecule has 2 amide bonds. The molecule has 1 aromatic carbocycles. The molecule has 0 spiro atoms. The summed E-state index contributed by atoms with van der Waals surface area (Å²) in [5.41, 5.74) is 8.71. The Hall–Kier alpha value is -3.16. The van der Waals surface area contributed by atoms with Crippen molar-refractivity contribution in [2.24, 2.45) is 5.73 Å². The van der Waals surface area contributed by atoms with Gasteiger partial charge in [-0.2, -0.15) is 5.10 Å². The van der Waals surface area contributed by atoms with Gasteiger partial charge in [0.2, 0.25) is 11.9 Å². The summed E-state index contributed by atoms with van der Waals surface area (Å²) in [5, 5.41) is 7.45. The topological polar surface area (TPSA) is 108 Å². The second kappa shape index (κ2) is 6.53. The maximum absolute atomic E-state index is 12.9. The number of anilines is 1. The number of carbonyl (C=O) groups excluding carboxylic acids is 2. The van der Waals surface area contributed by atoms with Crippen molar-refractivity contribution in [3.05, 3.63) is 41.2 Å². The molecule has 0 bridgehead atoms. The number of carbonyl (C=O) groups is 2. The Morgan fingerprint density at radius 1 is 1.22 bits per heavy atom. The first-order valence-electron chi connectivity index (χ1n) is 9.21. The van der Waals surface area contributed by atoms with E-state index in [2.05, 4.69) is 15.4 Å². The van der Waals surface area contributed by atoms with Gasteiger partial charge in [-0.05, 0) is 51.0 Å². The SMILES string of the molecule is CCn1nc(C2CC2)cc1C(=O)Nc1nc2cc(C(N)=O)ccc2n1CC. The fourth-order valence-corrected chi connectivity index (χ4v) is 3.30. The second-order valence-corrected chi connectivity index (χ2v) is 6.75. The molecule has 8 heteroatoms. The molecule has 0 unspecified atom stereocenters. The van der Waals surface area contributed by atoms with Crippen LogP contribution in [0, 0.1) is 0 Å². The summed E-state index contributed by atoms with van der Waals surface area (Å²) in [6.45, 7) is 5.19. The summed E-state index contributed by atoms with van der Waals surface area (Å²) >= 11 is 0. The molecule has 4 rings (SSSR count). The van der Waals surface area contributed by atoms with Gasteiger partial charge in [-0.1, -0.05) is 0 Å². The maximum Gasteiger partial charge on any atom is 0.276 e. The van der Waals surface area contributed by atoms with Crippen molar-refractivity contribution in [1.82, 2.24) is 19.3 Å². The Balaban J connectivity index is 1.68. The average Bonchev–Trinajstić information content (AvgIpc) is 3.31. The molecule has 0 aliphatic heterocycles. The Bertz CT molecular complexity index is 1040. The first-order valence-corrected chi connectivity index (χ1v) is 9.21. The molecule has 1 aliphatic rings. The molecule has 3 N–H and O–H groups in total. The van der Waals surface area contributed by atoms with Crippen molar-refractivity contribution in [2.75, 3.05) is 5.32 Å². The molecule has 8 nitrogen and oxygen atoms in total. The van der Waals surface area contributed by atoms with Gasteiger partial charge >= 0.3 is 0 Å². The minimum absolute atomic E-state index is 0.239. The third-order valence-electron chi connectivity index (χ3n) is 4.90. The number of primary amides is 1. The lowest BCUT2D eigenvalue weighted by molar-refractivity contribution is 0.0996. The molecule has 1 aliphatic carbocycles. The van der Waals surface area contributed by atoms with Crippen LogP contribution in [0.2, 0.25) is 0 Å². The quantitative estimate of drug-likeness (QED) is 0.699. The Kier molecular flexibility index (Phi) is 4.18. The van der Waals surface area contributed by atoms with E-state index in [0.29, 0.717) is 41.7 Å². The van der Waals surface area contributed by atoms with E-state index in [9.17, 15) is 9.59 Å². The van der Waals surface area contributed by atoms with Crippen LogP contribution in [0.1, 0.15) is 59.1 Å². The highest BCUT2D eigenvalue weighted by Gasteiger charge is 2.28. The largest absolute Gasteiger partial charge is 0.366 e. The first kappa shape index (κ1) is 17.3. The summed E-state index contributed by atoms with van der Waals surface area (Å²) in [6.07, 6.45) is 2.27. The number of nitrogens with zero attached hydrogens (tertiary/aromatic N) is 4. The fourth-order valence-electron chi connectivity index (χ4n) is 3.30. The fraction of sp³-hybridized carbons (Fsp3) is 0.368. The molecule has 3 aromatic rings. The molecular formula is C19H22N6O2. The minimum Gasteiger partial charge on any atom is -0.366 e. The van der Waals surface area contributed by atoms with Crippen molar-refractivity contribution >= 4 is 28.8 Å². The van der Waals surface area contributed by atoms with Crippen molar-refractivity contribution in [2.45, 2.75) is 45.7 Å². The highest BCUT2D eigenvalue weighted by Crippen LogP contribution is 2.39. The summed E-state index contributed by atoms with van der Waals surface area (Å²) in [4.78, 5) is 28.8. The van der Waals surface area contributed by atoms with Gasteiger partial charge in [0.1, 0.15) is 5.69 Å². The van der Waals surface area contributed by atoms with Gasteiger partial charge in [0.05, 0.1) is 16.7 Å². The maximum atomic E-state index is 12.9. The molecule has 2 aromatic heterocycles. The molecular weight excluding hydrogens is 344 g/mol. The third-order valence-corrected chi connectivity index (χ3v) is 4.90. The van der Waals surface area contributed by atoms with Gasteiger partial charge in [0, 0.05) is 24.6 Å². The summed E-state index contributed by atoms with van der Waals surface area (Å²) in [6, 6.07) is 6.98. The predicted octanol–water partition coefficient (Wildman–Crippen LogP) is 2.50. The van der Waals surface area contributed by atoms with E-state index in [1.54, 1.807) is 22.9 Å². The third kappa shape index (κ3) is 3.07. The monoisotopic (exact) mass is 366 g/mol. The van der Waals surface area contributed by atoms with Crippen LogP contribution in [-0.4, -0.2) is 31.1 Å². The lowest BCUT2D eigenvalue weighted by atomic mass is 10.2. The van der Waals surface area contributed by atoms with Gasteiger partial charge in [0.15, 0.2) is 0 Å². The number of hydrogen-bond acceptors (Lipinski definition) is 4. The summed E-state index contributed by atoms with van der Waals surface area (Å²) in [7, 11) is 0. The van der Waals surface area contributed by atoms with Crippen LogP contribution in [-0.2, 0) is 13.1 Å². The average molecular weight is 366 g/mol. The molecule has 1 saturated carbocycles. The van der Waals surface area contributed by atoms with Gasteiger partial charge < -0.3 is 10.3 Å². The number of benzene rings is 1. The van der Waals surface area contributed by atoms with Crippen molar-refractivity contribution in [3.8, 4) is 0 Å². The van der Waals surface area contributed by atoms with Crippen LogP contribution >= 0.6 is 0 Å². The lowest BCUT2D eigenvalue weighted by Crippen LogP contribution is -2.19. The summed E-state index contributed by atoms with van der Waals surface area (Å²) < 4.78 is 3.62. The number of nitrogens with two attached hydrogens (primary N) is 1. The Morgan fingerprint density at radius 2 is 2.00 bits per heavy atom. The number of hydrogen-bond donors (Lipinski definition) is 2. The molecule has 0 atom stereocenters. The Morgan fingerprint density at radius 3 is 2.63 bits per heavy atom. The van der Waals surface area contributed by atoms with Crippen LogP contribution in [0.25, 0.3) is 11.0 Å². The predicted molar refractivity (Wildman–Crippen MR) is 102 cm³/mol. The van der Waals surface area contributed by atoms with E-state index < -0.39 is 5.91 Å². The highest BCUT2D eigenvalue weighted by atomic mass is 16.2. The van der Waals surface area contributed by atoms with Crippen LogP contribution in [0.4, 0.5) is 5.95 Å². The number of fused-ring (bicyclic) bond motifs is 1. The first-order chi connectivity index (χ1) is 13.0. The van der Waals surface area contributed by atoms with Crippen LogP contribution < -0.4 is 11.1 Å². The van der Waals surface area contributed by atoms with Gasteiger partial charge in [0.25, 0.3) is 5.91 Å². The zero-order valence-electron chi connectivity index (χ0n) is 15.4. The molecule has 0 saturated heterocycles. The van der Waals surface area contributed by atoms with Crippen LogP contribution in [0.3, 0.4) is 0 Å². The van der Waals surface area contributed by atoms with E-state index in [4.69, 9.17) is 5.73 Å². The van der Waals surface area contributed by atoms with E-state index in [1.165, 1.54) is 0 Å². The molecule has 27 heavy (non-hydrogen) atoms. The minimum atomic E-state index is -0.506. The number of nitrogens with one attached hydrogen (secondary N) is 1. The molecule has 0 radical (unpaired) electrons. The van der Waals surface area contributed by atoms with Crippen molar-refractivity contribution in [1.29, 1.82) is 0 Å².